The molecule has 50 heavy (non-hydrogen) atoms. The zero-order valence-electron chi connectivity index (χ0n) is 34.5. The number of nitrogens with one attached hydrogen (secondary N) is 2. The molecule has 0 saturated carbocycles. The number of rotatable bonds is 0. The molecule has 2 aliphatic carbocycles. The van der Waals surface area contributed by atoms with Gasteiger partial charge in [0.15, 0.2) is 0 Å². The number of hydrogen-bond acceptors (Lipinski definition) is 0. The molecule has 4 radical (unpaired) electrons. The molecule has 0 amide bonds. The standard InChI is InChI=1S/2C10H14N.2C9H13.2C2H6Si.2ClH.2Hf/c2*1-10(2,3)8-6-4-5-7-9(8)11;2*1-6-5-7(2)9(4)8(6)3;2*1-3-2;;;;/h2*4-7,11H,1-3H3;2*6H,1-4H3;2*1-2H3;2*1H;;/q4*-1;;;;;;/p-2. The molecule has 2 unspecified atom stereocenters. The molecule has 0 fully saturated rings. The van der Waals surface area contributed by atoms with Crippen molar-refractivity contribution in [2.45, 2.75) is 134 Å². The first-order chi connectivity index (χ1) is 21.1. The molecule has 2 aliphatic rings. The van der Waals surface area contributed by atoms with Crippen LogP contribution in [0.2, 0.25) is 26.2 Å². The van der Waals surface area contributed by atoms with Gasteiger partial charge in [0, 0.05) is 70.7 Å². The van der Waals surface area contributed by atoms with Crippen LogP contribution in [-0.4, -0.2) is 19.0 Å². The Labute approximate surface area is 366 Å². The molecular weight excluding hydrogens is 1020 g/mol. The molecule has 280 valence electrons. The van der Waals surface area contributed by atoms with Crippen LogP contribution in [-0.2, 0) is 62.5 Å². The summed E-state index contributed by atoms with van der Waals surface area (Å²) in [5, 5.41) is 0. The third-order valence-electron chi connectivity index (χ3n) is 7.94. The molecule has 8 heteroatoms. The Hall–Kier alpha value is -0.246. The Morgan fingerprint density at radius 2 is 0.740 bits per heavy atom. The molecule has 4 rings (SSSR count). The number of halogens is 2. The number of hydrogen-bond donors (Lipinski definition) is 0. The Morgan fingerprint density at radius 3 is 0.840 bits per heavy atom. The van der Waals surface area contributed by atoms with Gasteiger partial charge in [-0.15, -0.1) is 25.2 Å². The van der Waals surface area contributed by atoms with Crippen LogP contribution in [0.3, 0.4) is 0 Å². The molecule has 2 aromatic rings. The van der Waals surface area contributed by atoms with E-state index in [9.17, 15) is 0 Å². The van der Waals surface area contributed by atoms with Crippen LogP contribution in [0.1, 0.15) is 108 Å². The van der Waals surface area contributed by atoms with Gasteiger partial charge in [0.1, 0.15) is 0 Å². The van der Waals surface area contributed by atoms with Crippen molar-refractivity contribution in [3.63, 3.8) is 0 Å². The molecule has 0 aliphatic heterocycles. The first-order valence-corrected chi connectivity index (χ1v) is 20.5. The van der Waals surface area contributed by atoms with Gasteiger partial charge in [0.25, 0.3) is 0 Å². The average molecular weight is 1080 g/mol. The van der Waals surface area contributed by atoms with E-state index in [1.807, 2.05) is 48.5 Å². The fourth-order valence-electron chi connectivity index (χ4n) is 4.60. The van der Waals surface area contributed by atoms with Crippen LogP contribution in [0.4, 0.5) is 11.4 Å². The quantitative estimate of drug-likeness (QED) is 0.188. The zero-order valence-corrected chi connectivity index (χ0v) is 45.2. The minimum atomic E-state index is 0. The van der Waals surface area contributed by atoms with Gasteiger partial charge in [-0.1, -0.05) is 181 Å². The molecule has 0 spiro atoms. The fraction of sp³-hybridized carbons (Fsp3) is 0.524. The van der Waals surface area contributed by atoms with Crippen molar-refractivity contribution in [2.75, 3.05) is 0 Å². The van der Waals surface area contributed by atoms with Crippen molar-refractivity contribution in [1.29, 1.82) is 0 Å². The van der Waals surface area contributed by atoms with E-state index in [1.165, 1.54) is 33.4 Å². The van der Waals surface area contributed by atoms with Gasteiger partial charge in [0.2, 0.25) is 0 Å². The van der Waals surface area contributed by atoms with Crippen LogP contribution in [0.5, 0.6) is 0 Å². The summed E-state index contributed by atoms with van der Waals surface area (Å²) in [7, 11) is 2.17. The average Bonchev–Trinajstić information content (AvgIpc) is 3.31. The van der Waals surface area contributed by atoms with E-state index in [-0.39, 0.29) is 87.3 Å². The van der Waals surface area contributed by atoms with Crippen molar-refractivity contribution in [3.8, 4) is 0 Å². The third kappa shape index (κ3) is 24.1. The van der Waals surface area contributed by atoms with Crippen LogP contribution in [0.25, 0.3) is 11.5 Å². The number of benzene rings is 2. The Morgan fingerprint density at radius 1 is 0.520 bits per heavy atom. The second kappa shape index (κ2) is 31.1. The van der Waals surface area contributed by atoms with Crippen LogP contribution in [0, 0.1) is 24.0 Å². The van der Waals surface area contributed by atoms with Crippen molar-refractivity contribution in [3.05, 3.63) is 117 Å². The van der Waals surface area contributed by atoms with E-state index in [1.54, 1.807) is 0 Å². The predicted molar refractivity (Wildman–Crippen MR) is 213 cm³/mol. The van der Waals surface area contributed by atoms with Crippen molar-refractivity contribution < 1.29 is 76.5 Å². The van der Waals surface area contributed by atoms with E-state index < -0.39 is 0 Å². The van der Waals surface area contributed by atoms with Gasteiger partial charge in [0.05, 0.1) is 0 Å². The first kappa shape index (κ1) is 61.8. The second-order valence-corrected chi connectivity index (χ2v) is 16.2. The molecule has 0 bridgehead atoms. The van der Waals surface area contributed by atoms with Gasteiger partial charge < -0.3 is 36.3 Å². The normalized spacial score (nSPS) is 15.6. The van der Waals surface area contributed by atoms with Crippen molar-refractivity contribution in [2.24, 2.45) is 11.8 Å². The Kier molecular flexibility index (Phi) is 38.5. The molecule has 2 N–H and O–H groups in total. The maximum atomic E-state index is 7.63. The van der Waals surface area contributed by atoms with Crippen molar-refractivity contribution in [1.82, 2.24) is 0 Å². The Balaban J connectivity index is -0.000000120. The summed E-state index contributed by atoms with van der Waals surface area (Å²) in [6.45, 7) is 38.7. The van der Waals surface area contributed by atoms with Crippen LogP contribution < -0.4 is 24.8 Å². The molecule has 2 atom stereocenters. The van der Waals surface area contributed by atoms with Gasteiger partial charge in [-0.25, -0.2) is 11.1 Å². The SMILES string of the molecule is CC(C)(C)c1ccccc1[NH-].CC(C)(C)c1ccccc1[NH-].CC1=[C-]C(C)C(C)=C1C.CC1=[C-]C(C)C(C)=C1C.C[Si]C.C[Si]C.[Cl-].[Cl-].[Hf].[Hf]. The largest absolute Gasteiger partial charge is 1.00 e. The summed E-state index contributed by atoms with van der Waals surface area (Å²) in [6, 6.07) is 15.5. The monoisotopic (exact) mass is 1080 g/mol. The summed E-state index contributed by atoms with van der Waals surface area (Å²) < 4.78 is 0. The molecule has 2 nitrogen and oxygen atoms in total. The topological polar surface area (TPSA) is 47.6 Å². The maximum Gasteiger partial charge on any atom is 0.0307 e. The molecule has 2 aromatic carbocycles. The molecule has 0 saturated heterocycles. The summed E-state index contributed by atoms with van der Waals surface area (Å²) in [4.78, 5) is 0. The minimum Gasteiger partial charge on any atom is -1.00 e. The molecular formula is C42H66Cl2Hf2N2Si2-6. The number of allylic oxidation sites excluding steroid dienone is 8. The zero-order chi connectivity index (χ0) is 36.4. The van der Waals surface area contributed by atoms with Crippen molar-refractivity contribution >= 4 is 30.4 Å². The summed E-state index contributed by atoms with van der Waals surface area (Å²) in [6.07, 6.45) is 6.72. The maximum absolute atomic E-state index is 7.63. The summed E-state index contributed by atoms with van der Waals surface area (Å²) in [5.74, 6) is 1.12. The smallest absolute Gasteiger partial charge is 0.0307 e. The fourth-order valence-corrected chi connectivity index (χ4v) is 4.60. The van der Waals surface area contributed by atoms with Gasteiger partial charge >= 0.3 is 0 Å². The van der Waals surface area contributed by atoms with Gasteiger partial charge in [-0.05, 0) is 10.8 Å². The van der Waals surface area contributed by atoms with Gasteiger partial charge in [-0.2, -0.15) is 22.3 Å². The third-order valence-corrected chi connectivity index (χ3v) is 7.94. The summed E-state index contributed by atoms with van der Waals surface area (Å²) >= 11 is 0. The van der Waals surface area contributed by atoms with Crippen LogP contribution in [0.15, 0.2) is 82.0 Å². The van der Waals surface area contributed by atoms with E-state index in [0.29, 0.717) is 23.2 Å². The van der Waals surface area contributed by atoms with E-state index in [2.05, 4.69) is 135 Å². The minimum absolute atomic E-state index is 0. The van der Waals surface area contributed by atoms with E-state index in [0.717, 1.165) is 30.2 Å². The van der Waals surface area contributed by atoms with Crippen LogP contribution >= 0.6 is 0 Å². The van der Waals surface area contributed by atoms with E-state index >= 15 is 0 Å². The van der Waals surface area contributed by atoms with E-state index in [4.69, 9.17) is 11.5 Å². The molecule has 0 aromatic heterocycles. The Bertz CT molecular complexity index is 1220. The first-order valence-electron chi connectivity index (χ1n) is 16.5. The van der Waals surface area contributed by atoms with Gasteiger partial charge in [-0.3, -0.25) is 12.2 Å². The summed E-state index contributed by atoms with van der Waals surface area (Å²) in [5.41, 5.74) is 27.4. The predicted octanol–water partition coefficient (Wildman–Crippen LogP) is 8.36. The molecule has 0 heterocycles. The second-order valence-electron chi connectivity index (χ2n) is 14.2.